The molecule has 1 aromatic carbocycles. The Morgan fingerprint density at radius 1 is 1.06 bits per heavy atom. The number of hydrogen-bond acceptors (Lipinski definition) is 5. The van der Waals surface area contributed by atoms with E-state index in [4.69, 9.17) is 11.5 Å². The number of rotatable bonds is 5. The fourth-order valence-electron chi connectivity index (χ4n) is 5.06. The van der Waals surface area contributed by atoms with Crippen molar-refractivity contribution in [3.8, 4) is 0 Å². The predicted molar refractivity (Wildman–Crippen MR) is 145 cm³/mol. The number of alkyl halides is 2. The molecule has 4 N–H and O–H groups in total. The molecule has 2 atom stereocenters. The fraction of sp³-hybridized carbons (Fsp3) is 0.464. The summed E-state index contributed by atoms with van der Waals surface area (Å²) in [6, 6.07) is 9.65. The summed E-state index contributed by atoms with van der Waals surface area (Å²) in [5.41, 5.74) is 14.4. The molecule has 3 aromatic heterocycles. The van der Waals surface area contributed by atoms with Gasteiger partial charge in [0.25, 0.3) is 6.43 Å². The van der Waals surface area contributed by atoms with Crippen molar-refractivity contribution in [3.05, 3.63) is 54.0 Å². The lowest BCUT2D eigenvalue weighted by Crippen LogP contribution is -2.14. The molecular formula is C28H38F2N6. The van der Waals surface area contributed by atoms with Crippen LogP contribution >= 0.6 is 0 Å². The molecule has 194 valence electrons. The van der Waals surface area contributed by atoms with Crippen LogP contribution in [-0.4, -0.2) is 19.5 Å². The zero-order valence-electron chi connectivity index (χ0n) is 21.9. The molecular weight excluding hydrogens is 458 g/mol. The van der Waals surface area contributed by atoms with Crippen LogP contribution in [0.15, 0.2) is 42.9 Å². The molecule has 3 heterocycles. The Kier molecular flexibility index (Phi) is 8.82. The van der Waals surface area contributed by atoms with Crippen LogP contribution in [0.5, 0.6) is 0 Å². The van der Waals surface area contributed by atoms with Gasteiger partial charge >= 0.3 is 0 Å². The number of hydrogen-bond donors (Lipinski definition) is 2. The van der Waals surface area contributed by atoms with Crippen LogP contribution in [0.4, 0.5) is 20.4 Å². The van der Waals surface area contributed by atoms with Gasteiger partial charge in [-0.25, -0.2) is 23.7 Å². The molecule has 36 heavy (non-hydrogen) atoms. The second kappa shape index (κ2) is 11.6. The highest BCUT2D eigenvalue weighted by molar-refractivity contribution is 5.86. The Balaban J connectivity index is 0.000000861. The van der Waals surface area contributed by atoms with Gasteiger partial charge in [0.15, 0.2) is 0 Å². The van der Waals surface area contributed by atoms with Gasteiger partial charge in [0.05, 0.1) is 16.5 Å². The second-order valence-corrected chi connectivity index (χ2v) is 9.22. The maximum absolute atomic E-state index is 13.1. The number of anilines is 2. The standard InChI is InChI=1S/C24H26F2N6.2C2H6/c1-24(8-5-16(12-24)32-9-6-17-21(27)29-13-30-23(17)32)7-4-14-2-3-15-11-18(20(25)26)22(28)31-19(15)10-14;2*1-2/h2-3,6,9-11,13,16,20H,4-5,7-8,12H2,1H3,(H2,28,31)(H2,27,29,30);2*1-2H3/t16?,24-;;/m1../s1. The molecule has 0 radical (unpaired) electrons. The molecule has 6 nitrogen and oxygen atoms in total. The number of nitrogen functional groups attached to an aromatic ring is 2. The van der Waals surface area contributed by atoms with Gasteiger partial charge in [0, 0.05) is 17.6 Å². The monoisotopic (exact) mass is 496 g/mol. The number of fused-ring (bicyclic) bond motifs is 2. The topological polar surface area (TPSA) is 95.6 Å². The first kappa shape index (κ1) is 27.3. The first-order chi connectivity index (χ1) is 17.3. The average Bonchev–Trinajstić information content (AvgIpc) is 3.49. The van der Waals surface area contributed by atoms with Gasteiger partial charge in [-0.15, -0.1) is 0 Å². The number of halogens is 2. The summed E-state index contributed by atoms with van der Waals surface area (Å²) in [6.45, 7) is 10.3. The van der Waals surface area contributed by atoms with Crippen molar-refractivity contribution >= 4 is 33.6 Å². The molecule has 8 heteroatoms. The van der Waals surface area contributed by atoms with Crippen molar-refractivity contribution in [2.24, 2.45) is 5.41 Å². The van der Waals surface area contributed by atoms with Gasteiger partial charge in [-0.3, -0.25) is 0 Å². The molecule has 0 bridgehead atoms. The van der Waals surface area contributed by atoms with Gasteiger partial charge < -0.3 is 16.0 Å². The van der Waals surface area contributed by atoms with Crippen molar-refractivity contribution in [3.63, 3.8) is 0 Å². The summed E-state index contributed by atoms with van der Waals surface area (Å²) in [5, 5.41) is 1.59. The van der Waals surface area contributed by atoms with Crippen LogP contribution in [-0.2, 0) is 6.42 Å². The molecule has 1 aliphatic rings. The third-order valence-corrected chi connectivity index (χ3v) is 6.94. The summed E-state index contributed by atoms with van der Waals surface area (Å²) < 4.78 is 28.4. The van der Waals surface area contributed by atoms with E-state index >= 15 is 0 Å². The molecule has 4 aromatic rings. The average molecular weight is 497 g/mol. The van der Waals surface area contributed by atoms with E-state index in [-0.39, 0.29) is 16.8 Å². The van der Waals surface area contributed by atoms with Crippen LogP contribution in [0.2, 0.25) is 0 Å². The molecule has 5 rings (SSSR count). The lowest BCUT2D eigenvalue weighted by atomic mass is 9.82. The number of pyridine rings is 1. The zero-order valence-corrected chi connectivity index (χ0v) is 21.9. The fourth-order valence-corrected chi connectivity index (χ4v) is 5.06. The first-order valence-electron chi connectivity index (χ1n) is 12.9. The molecule has 1 unspecified atom stereocenters. The van der Waals surface area contributed by atoms with E-state index in [9.17, 15) is 8.78 Å². The second-order valence-electron chi connectivity index (χ2n) is 9.22. The number of aryl methyl sites for hydroxylation is 1. The van der Waals surface area contributed by atoms with Crippen molar-refractivity contribution < 1.29 is 8.78 Å². The maximum atomic E-state index is 13.1. The quantitative estimate of drug-likeness (QED) is 0.298. The predicted octanol–water partition coefficient (Wildman–Crippen LogP) is 7.50. The number of nitrogens with two attached hydrogens (primary N) is 2. The highest BCUT2D eigenvalue weighted by Gasteiger charge is 2.36. The Bertz CT molecular complexity index is 1300. The molecule has 0 spiro atoms. The minimum Gasteiger partial charge on any atom is -0.383 e. The van der Waals surface area contributed by atoms with Crippen molar-refractivity contribution in [1.29, 1.82) is 0 Å². The minimum atomic E-state index is -2.62. The molecule has 0 amide bonds. The van der Waals surface area contributed by atoms with Gasteiger partial charge in [0.2, 0.25) is 0 Å². The highest BCUT2D eigenvalue weighted by atomic mass is 19.3. The Labute approximate surface area is 212 Å². The summed E-state index contributed by atoms with van der Waals surface area (Å²) in [5.74, 6) is 0.416. The van der Waals surface area contributed by atoms with E-state index < -0.39 is 6.43 Å². The van der Waals surface area contributed by atoms with E-state index in [0.29, 0.717) is 22.8 Å². The van der Waals surface area contributed by atoms with E-state index in [1.54, 1.807) is 0 Å². The van der Waals surface area contributed by atoms with E-state index in [0.717, 1.165) is 48.7 Å². The number of nitrogens with zero attached hydrogens (tertiary/aromatic N) is 4. The summed E-state index contributed by atoms with van der Waals surface area (Å²) in [6.07, 6.45) is 6.20. The van der Waals surface area contributed by atoms with Crippen LogP contribution in [0.3, 0.4) is 0 Å². The van der Waals surface area contributed by atoms with E-state index in [1.807, 2.05) is 52.0 Å². The highest BCUT2D eigenvalue weighted by Crippen LogP contribution is 2.47. The van der Waals surface area contributed by atoms with Crippen LogP contribution < -0.4 is 11.5 Å². The SMILES string of the molecule is CC.CC.C[C@@]1(CCc2ccc3cc(C(F)F)c(N)nc3c2)CCC(n2ccc3c(N)ncnc32)C1. The Morgan fingerprint density at radius 2 is 1.81 bits per heavy atom. The number of benzene rings is 1. The molecule has 1 fully saturated rings. The lowest BCUT2D eigenvalue weighted by Gasteiger charge is -2.24. The summed E-state index contributed by atoms with van der Waals surface area (Å²) in [4.78, 5) is 12.7. The third kappa shape index (κ3) is 5.58. The van der Waals surface area contributed by atoms with Crippen molar-refractivity contribution in [2.45, 2.75) is 79.2 Å². The zero-order chi connectivity index (χ0) is 26.5. The van der Waals surface area contributed by atoms with Gasteiger partial charge in [-0.2, -0.15) is 0 Å². The van der Waals surface area contributed by atoms with Gasteiger partial charge in [0.1, 0.15) is 23.6 Å². The molecule has 1 aliphatic carbocycles. The van der Waals surface area contributed by atoms with Gasteiger partial charge in [-0.1, -0.05) is 46.8 Å². The summed E-state index contributed by atoms with van der Waals surface area (Å²) in [7, 11) is 0. The largest absolute Gasteiger partial charge is 0.383 e. The molecule has 0 saturated heterocycles. The van der Waals surface area contributed by atoms with E-state index in [2.05, 4.69) is 32.6 Å². The minimum absolute atomic E-state index is 0.0985. The van der Waals surface area contributed by atoms with E-state index in [1.165, 1.54) is 12.4 Å². The smallest absolute Gasteiger partial charge is 0.267 e. The lowest BCUT2D eigenvalue weighted by molar-refractivity contribution is 0.152. The van der Waals surface area contributed by atoms with Crippen LogP contribution in [0, 0.1) is 5.41 Å². The molecule has 1 saturated carbocycles. The first-order valence-corrected chi connectivity index (χ1v) is 12.9. The number of aromatic nitrogens is 4. The van der Waals surface area contributed by atoms with Gasteiger partial charge in [-0.05, 0) is 61.3 Å². The van der Waals surface area contributed by atoms with Crippen molar-refractivity contribution in [2.75, 3.05) is 11.5 Å². The normalized spacial score (nSPS) is 19.2. The molecule has 0 aliphatic heterocycles. The third-order valence-electron chi connectivity index (χ3n) is 6.94. The van der Waals surface area contributed by atoms with Crippen molar-refractivity contribution in [1.82, 2.24) is 19.5 Å². The Hall–Kier alpha value is -3.29. The summed E-state index contributed by atoms with van der Waals surface area (Å²) >= 11 is 0. The maximum Gasteiger partial charge on any atom is 0.267 e. The van der Waals surface area contributed by atoms with Crippen LogP contribution in [0.1, 0.15) is 83.9 Å². The Morgan fingerprint density at radius 3 is 2.53 bits per heavy atom. The van der Waals surface area contributed by atoms with Crippen LogP contribution in [0.25, 0.3) is 21.9 Å².